The summed E-state index contributed by atoms with van der Waals surface area (Å²) in [5.74, 6) is -1.23. The summed E-state index contributed by atoms with van der Waals surface area (Å²) in [6, 6.07) is 3.12. The van der Waals surface area contributed by atoms with Crippen molar-refractivity contribution in [3.8, 4) is 0 Å². The van der Waals surface area contributed by atoms with Crippen LogP contribution in [0.4, 0.5) is 0 Å². The number of ketones is 1. The van der Waals surface area contributed by atoms with Crippen LogP contribution in [-0.2, 0) is 0 Å². The van der Waals surface area contributed by atoms with E-state index >= 15 is 0 Å². The molecule has 0 aliphatic carbocycles. The molecule has 0 unspecified atom stereocenters. The number of thiophene rings is 1. The smallest absolute Gasteiger partial charge is 0.352 e. The summed E-state index contributed by atoms with van der Waals surface area (Å²) in [5.41, 5.74) is 0.977. The lowest BCUT2D eigenvalue weighted by Gasteiger charge is -1.91. The van der Waals surface area contributed by atoms with Gasteiger partial charge in [0.05, 0.1) is 2.88 Å². The van der Waals surface area contributed by atoms with Crippen LogP contribution in [0.15, 0.2) is 23.7 Å². The van der Waals surface area contributed by atoms with Gasteiger partial charge in [-0.3, -0.25) is 4.79 Å². The minimum Gasteiger partial charge on any atom is -0.477 e. The first kappa shape index (κ1) is 11.3. The van der Waals surface area contributed by atoms with E-state index in [-0.39, 0.29) is 11.5 Å². The number of carboxylic acid groups (broad SMARTS) is 1. The summed E-state index contributed by atoms with van der Waals surface area (Å²) in [4.78, 5) is 25.1. The maximum atomic E-state index is 11.9. The average Bonchev–Trinajstić information content (AvgIpc) is 2.84. The Bertz CT molecular complexity index is 558. The fourth-order valence-corrected chi connectivity index (χ4v) is 2.57. The van der Waals surface area contributed by atoms with Crippen LogP contribution in [0.1, 0.15) is 26.4 Å². The molecule has 0 spiro atoms. The van der Waals surface area contributed by atoms with E-state index < -0.39 is 5.97 Å². The number of halogens is 1. The van der Waals surface area contributed by atoms with Gasteiger partial charge in [-0.2, -0.15) is 0 Å². The maximum absolute atomic E-state index is 11.9. The molecule has 0 aliphatic rings. The third kappa shape index (κ3) is 2.17. The molecule has 2 aromatic heterocycles. The third-order valence-electron chi connectivity index (χ3n) is 2.01. The number of aromatic amines is 1. The number of aromatic nitrogens is 1. The molecular weight excluding hydrogens is 341 g/mol. The van der Waals surface area contributed by atoms with Gasteiger partial charge in [0, 0.05) is 22.7 Å². The molecule has 6 heteroatoms. The highest BCUT2D eigenvalue weighted by Crippen LogP contribution is 2.19. The van der Waals surface area contributed by atoms with E-state index in [0.717, 1.165) is 2.88 Å². The number of rotatable bonds is 3. The zero-order valence-electron chi connectivity index (χ0n) is 7.86. The van der Waals surface area contributed by atoms with E-state index in [4.69, 9.17) is 5.11 Å². The standard InChI is InChI=1S/C10H6INO3S/c11-8-2-6(4-16-8)9(13)5-1-7(10(14)15)12-3-5/h1-4,12H,(H,14,15). The van der Waals surface area contributed by atoms with Gasteiger partial charge in [-0.05, 0) is 34.7 Å². The van der Waals surface area contributed by atoms with E-state index in [1.54, 1.807) is 11.4 Å². The molecule has 2 heterocycles. The Balaban J connectivity index is 2.30. The highest BCUT2D eigenvalue weighted by molar-refractivity contribution is 14.1. The van der Waals surface area contributed by atoms with Crippen molar-refractivity contribution in [3.63, 3.8) is 0 Å². The van der Waals surface area contributed by atoms with Crippen molar-refractivity contribution in [2.45, 2.75) is 0 Å². The number of carbonyl (C=O) groups is 2. The number of carbonyl (C=O) groups excluding carboxylic acids is 1. The molecular formula is C10H6INO3S. The van der Waals surface area contributed by atoms with Gasteiger partial charge in [-0.25, -0.2) is 4.79 Å². The number of nitrogens with one attached hydrogen (secondary N) is 1. The lowest BCUT2D eigenvalue weighted by molar-refractivity contribution is 0.0691. The van der Waals surface area contributed by atoms with Crippen molar-refractivity contribution in [3.05, 3.63) is 43.4 Å². The van der Waals surface area contributed by atoms with Gasteiger partial charge >= 0.3 is 5.97 Å². The van der Waals surface area contributed by atoms with Crippen LogP contribution in [0.25, 0.3) is 0 Å². The average molecular weight is 347 g/mol. The van der Waals surface area contributed by atoms with Crippen molar-refractivity contribution >= 4 is 45.7 Å². The first-order valence-electron chi connectivity index (χ1n) is 4.28. The van der Waals surface area contributed by atoms with Crippen LogP contribution in [-0.4, -0.2) is 21.8 Å². The fourth-order valence-electron chi connectivity index (χ4n) is 1.24. The Hall–Kier alpha value is -1.15. The van der Waals surface area contributed by atoms with Crippen LogP contribution >= 0.6 is 33.9 Å². The molecule has 16 heavy (non-hydrogen) atoms. The molecule has 0 fully saturated rings. The molecule has 2 rings (SSSR count). The number of hydrogen-bond acceptors (Lipinski definition) is 3. The Morgan fingerprint density at radius 2 is 2.06 bits per heavy atom. The zero-order valence-corrected chi connectivity index (χ0v) is 10.8. The molecule has 0 atom stereocenters. The van der Waals surface area contributed by atoms with Gasteiger partial charge in [-0.1, -0.05) is 0 Å². The molecule has 0 amide bonds. The van der Waals surface area contributed by atoms with Gasteiger partial charge in [-0.15, -0.1) is 11.3 Å². The van der Waals surface area contributed by atoms with Crippen molar-refractivity contribution < 1.29 is 14.7 Å². The second kappa shape index (κ2) is 4.38. The van der Waals surface area contributed by atoms with Gasteiger partial charge in [0.2, 0.25) is 0 Å². The van der Waals surface area contributed by atoms with Crippen molar-refractivity contribution in [1.29, 1.82) is 0 Å². The summed E-state index contributed by atoms with van der Waals surface area (Å²) < 4.78 is 1.02. The molecule has 0 aromatic carbocycles. The van der Waals surface area contributed by atoms with Gasteiger partial charge < -0.3 is 10.1 Å². The van der Waals surface area contributed by atoms with Gasteiger partial charge in [0.1, 0.15) is 5.69 Å². The van der Waals surface area contributed by atoms with E-state index in [0.29, 0.717) is 11.1 Å². The summed E-state index contributed by atoms with van der Waals surface area (Å²) in [6.07, 6.45) is 1.41. The summed E-state index contributed by atoms with van der Waals surface area (Å²) in [6.45, 7) is 0. The predicted octanol–water partition coefficient (Wildman–Crippen LogP) is 2.61. The van der Waals surface area contributed by atoms with E-state index in [1.165, 1.54) is 23.6 Å². The molecule has 0 bridgehead atoms. The Morgan fingerprint density at radius 1 is 1.31 bits per heavy atom. The third-order valence-corrected chi connectivity index (χ3v) is 3.79. The zero-order chi connectivity index (χ0) is 11.7. The fraction of sp³-hybridized carbons (Fsp3) is 0. The van der Waals surface area contributed by atoms with Crippen molar-refractivity contribution in [2.24, 2.45) is 0 Å². The molecule has 0 saturated carbocycles. The number of carboxylic acids is 1. The van der Waals surface area contributed by atoms with Crippen molar-refractivity contribution in [2.75, 3.05) is 0 Å². The van der Waals surface area contributed by atoms with E-state index in [9.17, 15) is 9.59 Å². The molecule has 2 N–H and O–H groups in total. The first-order valence-corrected chi connectivity index (χ1v) is 6.24. The van der Waals surface area contributed by atoms with Gasteiger partial charge in [0.25, 0.3) is 0 Å². The highest BCUT2D eigenvalue weighted by Gasteiger charge is 2.14. The van der Waals surface area contributed by atoms with Gasteiger partial charge in [0.15, 0.2) is 5.78 Å². The van der Waals surface area contributed by atoms with E-state index in [1.807, 2.05) is 0 Å². The monoisotopic (exact) mass is 347 g/mol. The normalized spacial score (nSPS) is 10.3. The minimum atomic E-state index is -1.07. The predicted molar refractivity (Wildman–Crippen MR) is 68.2 cm³/mol. The van der Waals surface area contributed by atoms with Crippen LogP contribution in [0, 0.1) is 2.88 Å². The van der Waals surface area contributed by atoms with E-state index in [2.05, 4.69) is 27.6 Å². The Morgan fingerprint density at radius 3 is 2.56 bits per heavy atom. The summed E-state index contributed by atoms with van der Waals surface area (Å²) in [5, 5.41) is 10.5. The molecule has 2 aromatic rings. The SMILES string of the molecule is O=C(c1c[nH]c(C(=O)O)c1)c1csc(I)c1. The maximum Gasteiger partial charge on any atom is 0.352 e. The lowest BCUT2D eigenvalue weighted by atomic mass is 10.1. The van der Waals surface area contributed by atoms with Crippen LogP contribution in [0.5, 0.6) is 0 Å². The number of hydrogen-bond donors (Lipinski definition) is 2. The number of aromatic carboxylic acids is 1. The lowest BCUT2D eigenvalue weighted by Crippen LogP contribution is -1.98. The molecule has 0 aliphatic heterocycles. The molecule has 4 nitrogen and oxygen atoms in total. The highest BCUT2D eigenvalue weighted by atomic mass is 127. The van der Waals surface area contributed by atoms with Crippen LogP contribution in [0.3, 0.4) is 0 Å². The first-order chi connectivity index (χ1) is 7.58. The molecule has 82 valence electrons. The molecule has 0 saturated heterocycles. The quantitative estimate of drug-likeness (QED) is 0.662. The topological polar surface area (TPSA) is 70.2 Å². The molecule has 0 radical (unpaired) electrons. The number of H-pyrrole nitrogens is 1. The van der Waals surface area contributed by atoms with Crippen molar-refractivity contribution in [1.82, 2.24) is 4.98 Å². The van der Waals surface area contributed by atoms with Crippen LogP contribution in [0.2, 0.25) is 0 Å². The Labute approximate surface area is 108 Å². The Kier molecular flexibility index (Phi) is 3.10. The summed E-state index contributed by atoms with van der Waals surface area (Å²) >= 11 is 3.61. The van der Waals surface area contributed by atoms with Crippen LogP contribution < -0.4 is 0 Å². The second-order valence-corrected chi connectivity index (χ2v) is 5.88. The largest absolute Gasteiger partial charge is 0.477 e. The second-order valence-electron chi connectivity index (χ2n) is 3.08. The minimum absolute atomic E-state index is 0.0216. The summed E-state index contributed by atoms with van der Waals surface area (Å²) in [7, 11) is 0.